The number of hydrogen-bond acceptors (Lipinski definition) is 3. The van der Waals surface area contributed by atoms with Gasteiger partial charge in [-0.15, -0.1) is 0 Å². The summed E-state index contributed by atoms with van der Waals surface area (Å²) in [6, 6.07) is 12.6. The molecule has 1 saturated heterocycles. The summed E-state index contributed by atoms with van der Waals surface area (Å²) in [4.78, 5) is 0. The highest BCUT2D eigenvalue weighted by molar-refractivity contribution is 6.63. The van der Waals surface area contributed by atoms with Crippen molar-refractivity contribution in [3.05, 3.63) is 58.7 Å². The fourth-order valence-electron chi connectivity index (χ4n) is 3.06. The van der Waals surface area contributed by atoms with Crippen molar-refractivity contribution in [2.45, 2.75) is 66.3 Å². The standard InChI is InChI=1S/C22H29BO3/c1-15-8-10-17(3)18(12-15)14-24-20-11-9-16(2)13-19(20)23-25-21(4,5)22(6,7)26-23/h8-13H,14H2,1-7H3. The molecule has 2 aromatic rings. The predicted molar refractivity (Wildman–Crippen MR) is 107 cm³/mol. The topological polar surface area (TPSA) is 27.7 Å². The van der Waals surface area contributed by atoms with Gasteiger partial charge in [-0.25, -0.2) is 0 Å². The maximum absolute atomic E-state index is 6.24. The summed E-state index contributed by atoms with van der Waals surface area (Å²) < 4.78 is 18.7. The molecule has 0 saturated carbocycles. The van der Waals surface area contributed by atoms with Gasteiger partial charge in [0.15, 0.2) is 0 Å². The van der Waals surface area contributed by atoms with E-state index >= 15 is 0 Å². The van der Waals surface area contributed by atoms with Crippen molar-refractivity contribution >= 4 is 12.6 Å². The Balaban J connectivity index is 1.86. The van der Waals surface area contributed by atoms with Gasteiger partial charge in [0.05, 0.1) is 11.2 Å². The maximum Gasteiger partial charge on any atom is 0.498 e. The van der Waals surface area contributed by atoms with Crippen molar-refractivity contribution in [1.29, 1.82) is 0 Å². The minimum atomic E-state index is -0.423. The molecule has 0 amide bonds. The average molecular weight is 352 g/mol. The molecule has 3 nitrogen and oxygen atoms in total. The van der Waals surface area contributed by atoms with Crippen LogP contribution in [0.2, 0.25) is 0 Å². The number of rotatable bonds is 4. The molecule has 0 aromatic heterocycles. The van der Waals surface area contributed by atoms with Gasteiger partial charge < -0.3 is 14.0 Å². The lowest BCUT2D eigenvalue weighted by Crippen LogP contribution is -2.41. The molecule has 0 aliphatic carbocycles. The van der Waals surface area contributed by atoms with Gasteiger partial charge in [-0.05, 0) is 65.7 Å². The first-order valence-corrected chi connectivity index (χ1v) is 9.24. The second-order valence-corrected chi connectivity index (χ2v) is 8.35. The first-order chi connectivity index (χ1) is 12.1. The Morgan fingerprint density at radius 2 is 1.42 bits per heavy atom. The Morgan fingerprint density at radius 1 is 0.846 bits per heavy atom. The molecule has 0 N–H and O–H groups in total. The quantitative estimate of drug-likeness (QED) is 0.759. The Kier molecular flexibility index (Phi) is 4.93. The lowest BCUT2D eigenvalue weighted by Gasteiger charge is -2.32. The zero-order valence-corrected chi connectivity index (χ0v) is 17.0. The van der Waals surface area contributed by atoms with Gasteiger partial charge in [0.1, 0.15) is 12.4 Å². The van der Waals surface area contributed by atoms with Gasteiger partial charge in [-0.1, -0.05) is 41.5 Å². The summed E-state index contributed by atoms with van der Waals surface area (Å²) in [5.74, 6) is 0.815. The van der Waals surface area contributed by atoms with Crippen LogP contribution in [0.1, 0.15) is 49.9 Å². The van der Waals surface area contributed by atoms with Gasteiger partial charge in [0.2, 0.25) is 0 Å². The van der Waals surface area contributed by atoms with Gasteiger partial charge in [-0.3, -0.25) is 0 Å². The van der Waals surface area contributed by atoms with E-state index in [0.29, 0.717) is 6.61 Å². The van der Waals surface area contributed by atoms with Gasteiger partial charge in [0.25, 0.3) is 0 Å². The molecule has 1 aliphatic heterocycles. The van der Waals surface area contributed by atoms with Crippen LogP contribution in [-0.4, -0.2) is 18.3 Å². The maximum atomic E-state index is 6.24. The largest absolute Gasteiger partial charge is 0.498 e. The van der Waals surface area contributed by atoms with Gasteiger partial charge in [-0.2, -0.15) is 0 Å². The molecule has 1 fully saturated rings. The number of aryl methyl sites for hydroxylation is 3. The van der Waals surface area contributed by atoms with E-state index < -0.39 is 7.12 Å². The molecule has 1 aliphatic rings. The van der Waals surface area contributed by atoms with Crippen molar-refractivity contribution in [3.63, 3.8) is 0 Å². The first kappa shape index (κ1) is 19.0. The van der Waals surface area contributed by atoms with E-state index in [9.17, 15) is 0 Å². The molecule has 0 radical (unpaired) electrons. The number of ether oxygens (including phenoxy) is 1. The van der Waals surface area contributed by atoms with Gasteiger partial charge >= 0.3 is 7.12 Å². The molecular formula is C22H29BO3. The summed E-state index contributed by atoms with van der Waals surface area (Å²) in [5.41, 5.74) is 5.05. The molecule has 0 bridgehead atoms. The summed E-state index contributed by atoms with van der Waals surface area (Å²) in [5, 5.41) is 0. The molecule has 0 unspecified atom stereocenters. The third-order valence-electron chi connectivity index (χ3n) is 5.56. The highest BCUT2D eigenvalue weighted by Crippen LogP contribution is 2.37. The minimum Gasteiger partial charge on any atom is -0.489 e. The van der Waals surface area contributed by atoms with Crippen molar-refractivity contribution in [2.24, 2.45) is 0 Å². The van der Waals surface area contributed by atoms with Crippen LogP contribution < -0.4 is 10.2 Å². The number of benzene rings is 2. The Morgan fingerprint density at radius 3 is 2.08 bits per heavy atom. The lowest BCUT2D eigenvalue weighted by atomic mass is 9.77. The molecule has 3 rings (SSSR count). The van der Waals surface area contributed by atoms with E-state index in [-0.39, 0.29) is 11.2 Å². The number of hydrogen-bond donors (Lipinski definition) is 0. The van der Waals surface area contributed by atoms with Crippen LogP contribution >= 0.6 is 0 Å². The van der Waals surface area contributed by atoms with E-state index in [4.69, 9.17) is 14.0 Å². The fraction of sp³-hybridized carbons (Fsp3) is 0.455. The van der Waals surface area contributed by atoms with Crippen LogP contribution in [-0.2, 0) is 15.9 Å². The van der Waals surface area contributed by atoms with E-state index in [1.807, 2.05) is 6.07 Å². The third kappa shape index (κ3) is 3.67. The highest BCUT2D eigenvalue weighted by atomic mass is 16.7. The monoisotopic (exact) mass is 352 g/mol. The average Bonchev–Trinajstić information content (AvgIpc) is 2.77. The second kappa shape index (κ2) is 6.75. The zero-order valence-electron chi connectivity index (χ0n) is 17.0. The third-order valence-corrected chi connectivity index (χ3v) is 5.56. The summed E-state index contributed by atoms with van der Waals surface area (Å²) in [7, 11) is -0.423. The van der Waals surface area contributed by atoms with E-state index in [2.05, 4.69) is 78.8 Å². The SMILES string of the molecule is Cc1ccc(C)c(COc2ccc(C)cc2B2OC(C)(C)C(C)(C)O2)c1. The molecule has 4 heteroatoms. The molecule has 26 heavy (non-hydrogen) atoms. The minimum absolute atomic E-state index is 0.369. The first-order valence-electron chi connectivity index (χ1n) is 9.24. The van der Waals surface area contributed by atoms with Crippen LogP contribution in [0.25, 0.3) is 0 Å². The van der Waals surface area contributed by atoms with Crippen LogP contribution in [0, 0.1) is 20.8 Å². The summed E-state index contributed by atoms with van der Waals surface area (Å²) in [6.07, 6.45) is 0. The molecular weight excluding hydrogens is 323 g/mol. The van der Waals surface area contributed by atoms with E-state index in [0.717, 1.165) is 16.8 Å². The molecule has 0 spiro atoms. The summed E-state index contributed by atoms with van der Waals surface area (Å²) in [6.45, 7) is 15.1. The van der Waals surface area contributed by atoms with Crippen LogP contribution in [0.4, 0.5) is 0 Å². The lowest BCUT2D eigenvalue weighted by molar-refractivity contribution is 0.00578. The van der Waals surface area contributed by atoms with Crippen molar-refractivity contribution in [3.8, 4) is 5.75 Å². The van der Waals surface area contributed by atoms with Crippen molar-refractivity contribution < 1.29 is 14.0 Å². The van der Waals surface area contributed by atoms with Crippen LogP contribution in [0.3, 0.4) is 0 Å². The van der Waals surface area contributed by atoms with Crippen molar-refractivity contribution in [1.82, 2.24) is 0 Å². The Labute approximate surface area is 157 Å². The Hall–Kier alpha value is -1.78. The Bertz CT molecular complexity index is 795. The molecule has 138 valence electrons. The molecule has 0 atom stereocenters. The van der Waals surface area contributed by atoms with Crippen LogP contribution in [0.15, 0.2) is 36.4 Å². The molecule has 1 heterocycles. The summed E-state index contributed by atoms with van der Waals surface area (Å²) >= 11 is 0. The van der Waals surface area contributed by atoms with Crippen molar-refractivity contribution in [2.75, 3.05) is 0 Å². The van der Waals surface area contributed by atoms with E-state index in [1.165, 1.54) is 16.7 Å². The smallest absolute Gasteiger partial charge is 0.489 e. The highest BCUT2D eigenvalue weighted by Gasteiger charge is 2.52. The zero-order chi connectivity index (χ0) is 19.1. The second-order valence-electron chi connectivity index (χ2n) is 8.35. The molecule has 2 aromatic carbocycles. The van der Waals surface area contributed by atoms with E-state index in [1.54, 1.807) is 0 Å². The van der Waals surface area contributed by atoms with Gasteiger partial charge in [0, 0.05) is 5.46 Å². The van der Waals surface area contributed by atoms with Crippen LogP contribution in [0.5, 0.6) is 5.75 Å². The fourth-order valence-corrected chi connectivity index (χ4v) is 3.06. The normalized spacial score (nSPS) is 18.2. The predicted octanol–water partition coefficient (Wildman–Crippen LogP) is 4.49.